The van der Waals surface area contributed by atoms with Crippen molar-refractivity contribution in [3.8, 4) is 11.5 Å². The first-order valence-corrected chi connectivity index (χ1v) is 7.05. The van der Waals surface area contributed by atoms with Crippen LogP contribution in [0.2, 0.25) is 0 Å². The lowest BCUT2D eigenvalue weighted by molar-refractivity contribution is 0.271. The minimum Gasteiger partial charge on any atom is -0.493 e. The highest BCUT2D eigenvalue weighted by Gasteiger charge is 2.20. The Balaban J connectivity index is 2.52. The normalized spacial score (nSPS) is 11.2. The smallest absolute Gasteiger partial charge is 0.161 e. The van der Waals surface area contributed by atoms with E-state index in [2.05, 4.69) is 13.0 Å². The third kappa shape index (κ3) is 4.44. The fourth-order valence-electron chi connectivity index (χ4n) is 1.88. The summed E-state index contributed by atoms with van der Waals surface area (Å²) in [5.74, 6) is 1.77. The van der Waals surface area contributed by atoms with E-state index >= 15 is 0 Å². The lowest BCUT2D eigenvalue weighted by atomic mass is 9.87. The van der Waals surface area contributed by atoms with Crippen LogP contribution in [-0.4, -0.2) is 19.6 Å². The number of aryl methyl sites for hydroxylation is 1. The summed E-state index contributed by atoms with van der Waals surface area (Å²) in [6, 6.07) is 6.01. The van der Waals surface area contributed by atoms with Gasteiger partial charge in [-0.2, -0.15) is 0 Å². The van der Waals surface area contributed by atoms with Gasteiger partial charge in [0, 0.05) is 5.41 Å². The molecular weight excluding hydrogens is 252 g/mol. The van der Waals surface area contributed by atoms with E-state index in [1.165, 1.54) is 5.56 Å². The summed E-state index contributed by atoms with van der Waals surface area (Å²) in [6.07, 6.45) is 2.66. The monoisotopic (exact) mass is 278 g/mol. The van der Waals surface area contributed by atoms with Gasteiger partial charge in [0.2, 0.25) is 0 Å². The molecule has 0 bridgehead atoms. The van der Waals surface area contributed by atoms with E-state index in [0.717, 1.165) is 30.8 Å². The summed E-state index contributed by atoms with van der Waals surface area (Å²) in [6.45, 7) is 6.66. The zero-order valence-corrected chi connectivity index (χ0v) is 13.0. The van der Waals surface area contributed by atoms with Crippen LogP contribution < -0.4 is 15.2 Å². The molecule has 0 atom stereocenters. The van der Waals surface area contributed by atoms with Crippen molar-refractivity contribution in [2.24, 2.45) is 11.1 Å². The van der Waals surface area contributed by atoms with Gasteiger partial charge in [0.25, 0.3) is 0 Å². The highest BCUT2D eigenvalue weighted by atomic mass is 16.5. The van der Waals surface area contributed by atoms with Gasteiger partial charge in [-0.15, -0.1) is 0 Å². The van der Waals surface area contributed by atoms with Crippen LogP contribution in [0.15, 0.2) is 18.2 Å². The van der Waals surface area contributed by atoms with E-state index < -0.39 is 0 Å². The van der Waals surface area contributed by atoms with Gasteiger partial charge in [-0.05, 0) is 37.0 Å². The number of nitrogens with two attached hydrogens (primary N) is 1. The predicted octanol–water partition coefficient (Wildman–Crippen LogP) is 3.38. The third-order valence-electron chi connectivity index (χ3n) is 3.57. The molecule has 0 aliphatic heterocycles. The molecule has 4 heteroatoms. The van der Waals surface area contributed by atoms with Crippen LogP contribution in [0.4, 0.5) is 0 Å². The second-order valence-electron chi connectivity index (χ2n) is 5.59. The fraction of sp³-hybridized carbons (Fsp3) is 0.562. The van der Waals surface area contributed by atoms with E-state index in [-0.39, 0.29) is 11.3 Å². The molecule has 1 aromatic carbocycles. The van der Waals surface area contributed by atoms with Crippen molar-refractivity contribution in [1.29, 1.82) is 5.41 Å². The van der Waals surface area contributed by atoms with Crippen LogP contribution in [-0.2, 0) is 6.42 Å². The van der Waals surface area contributed by atoms with E-state index in [4.69, 9.17) is 20.6 Å². The Morgan fingerprint density at radius 1 is 1.30 bits per heavy atom. The second kappa shape index (κ2) is 7.17. The highest BCUT2D eigenvalue weighted by Crippen LogP contribution is 2.29. The molecule has 0 aromatic heterocycles. The van der Waals surface area contributed by atoms with Gasteiger partial charge in [0.05, 0.1) is 19.6 Å². The van der Waals surface area contributed by atoms with Crippen molar-refractivity contribution in [2.75, 3.05) is 13.7 Å². The Bertz CT molecular complexity index is 456. The first kappa shape index (κ1) is 16.3. The Morgan fingerprint density at radius 2 is 2.00 bits per heavy atom. The van der Waals surface area contributed by atoms with E-state index in [1.54, 1.807) is 7.11 Å². The minimum atomic E-state index is -0.264. The van der Waals surface area contributed by atoms with Crippen molar-refractivity contribution in [2.45, 2.75) is 40.0 Å². The first-order chi connectivity index (χ1) is 9.40. The standard InChI is InChI=1S/C16H26N2O2/c1-5-12-7-8-13(14(11-12)19-4)20-10-6-9-16(2,3)15(17)18/h7-8,11H,5-6,9-10H2,1-4H3,(H3,17,18). The molecule has 0 aliphatic carbocycles. The van der Waals surface area contributed by atoms with E-state index in [9.17, 15) is 0 Å². The first-order valence-electron chi connectivity index (χ1n) is 7.05. The molecule has 0 spiro atoms. The van der Waals surface area contributed by atoms with Gasteiger partial charge in [-0.25, -0.2) is 0 Å². The van der Waals surface area contributed by atoms with Gasteiger partial charge in [-0.1, -0.05) is 26.8 Å². The third-order valence-corrected chi connectivity index (χ3v) is 3.57. The van der Waals surface area contributed by atoms with Gasteiger partial charge in [-0.3, -0.25) is 5.41 Å². The number of amidine groups is 1. The topological polar surface area (TPSA) is 68.3 Å². The summed E-state index contributed by atoms with van der Waals surface area (Å²) < 4.78 is 11.1. The minimum absolute atomic E-state index is 0.224. The molecule has 0 fully saturated rings. The zero-order valence-electron chi connectivity index (χ0n) is 13.0. The van der Waals surface area contributed by atoms with Crippen molar-refractivity contribution in [3.05, 3.63) is 23.8 Å². The summed E-state index contributed by atoms with van der Waals surface area (Å²) >= 11 is 0. The average Bonchev–Trinajstić information content (AvgIpc) is 2.43. The fourth-order valence-corrected chi connectivity index (χ4v) is 1.88. The number of hydrogen-bond acceptors (Lipinski definition) is 3. The van der Waals surface area contributed by atoms with Crippen molar-refractivity contribution in [3.63, 3.8) is 0 Å². The average molecular weight is 278 g/mol. The summed E-state index contributed by atoms with van der Waals surface area (Å²) in [4.78, 5) is 0. The maximum absolute atomic E-state index is 7.52. The van der Waals surface area contributed by atoms with Crippen LogP contribution >= 0.6 is 0 Å². The Hall–Kier alpha value is -1.71. The number of rotatable bonds is 8. The van der Waals surface area contributed by atoms with Crippen molar-refractivity contribution in [1.82, 2.24) is 0 Å². The van der Waals surface area contributed by atoms with Crippen molar-refractivity contribution >= 4 is 5.84 Å². The number of methoxy groups -OCH3 is 1. The summed E-state index contributed by atoms with van der Waals surface area (Å²) in [5, 5.41) is 7.52. The SMILES string of the molecule is CCc1ccc(OCCCC(C)(C)C(=N)N)c(OC)c1. The van der Waals surface area contributed by atoms with Crippen molar-refractivity contribution < 1.29 is 9.47 Å². The van der Waals surface area contributed by atoms with E-state index in [0.29, 0.717) is 6.61 Å². The predicted molar refractivity (Wildman–Crippen MR) is 82.8 cm³/mol. The molecule has 0 saturated heterocycles. The molecule has 0 heterocycles. The maximum Gasteiger partial charge on any atom is 0.161 e. The van der Waals surface area contributed by atoms with Gasteiger partial charge in [0.15, 0.2) is 11.5 Å². The zero-order chi connectivity index (χ0) is 15.2. The molecule has 20 heavy (non-hydrogen) atoms. The molecule has 0 saturated carbocycles. The summed E-state index contributed by atoms with van der Waals surface area (Å²) in [7, 11) is 1.65. The van der Waals surface area contributed by atoms with Gasteiger partial charge < -0.3 is 15.2 Å². The van der Waals surface area contributed by atoms with Crippen LogP contribution in [0, 0.1) is 10.8 Å². The molecule has 0 aliphatic rings. The number of nitrogens with one attached hydrogen (secondary N) is 1. The Morgan fingerprint density at radius 3 is 2.55 bits per heavy atom. The van der Waals surface area contributed by atoms with Gasteiger partial charge in [0.1, 0.15) is 0 Å². The number of ether oxygens (including phenoxy) is 2. The number of benzene rings is 1. The Labute approximate surface area is 121 Å². The molecule has 3 N–H and O–H groups in total. The Kier molecular flexibility index (Phi) is 5.86. The quantitative estimate of drug-likeness (QED) is 0.435. The molecule has 1 rings (SSSR count). The second-order valence-corrected chi connectivity index (χ2v) is 5.59. The maximum atomic E-state index is 7.52. The highest BCUT2D eigenvalue weighted by molar-refractivity contribution is 5.82. The lowest BCUT2D eigenvalue weighted by Crippen LogP contribution is -2.31. The van der Waals surface area contributed by atoms with Crippen LogP contribution in [0.1, 0.15) is 39.2 Å². The molecule has 112 valence electrons. The molecule has 0 amide bonds. The molecular formula is C16H26N2O2. The largest absolute Gasteiger partial charge is 0.493 e. The molecule has 1 aromatic rings. The van der Waals surface area contributed by atoms with Crippen LogP contribution in [0.5, 0.6) is 11.5 Å². The van der Waals surface area contributed by atoms with Crippen LogP contribution in [0.25, 0.3) is 0 Å². The summed E-state index contributed by atoms with van der Waals surface area (Å²) in [5.41, 5.74) is 6.53. The van der Waals surface area contributed by atoms with Crippen LogP contribution in [0.3, 0.4) is 0 Å². The molecule has 0 unspecified atom stereocenters. The number of hydrogen-bond donors (Lipinski definition) is 2. The van der Waals surface area contributed by atoms with E-state index in [1.807, 2.05) is 26.0 Å². The molecule has 0 radical (unpaired) electrons. The van der Waals surface area contributed by atoms with Gasteiger partial charge >= 0.3 is 0 Å². The molecule has 4 nitrogen and oxygen atoms in total. The lowest BCUT2D eigenvalue weighted by Gasteiger charge is -2.22.